The summed E-state index contributed by atoms with van der Waals surface area (Å²) in [7, 11) is 0. The normalized spacial score (nSPS) is 10.7. The minimum atomic E-state index is -0.0232. The lowest BCUT2D eigenvalue weighted by atomic mass is 10.2. The SMILES string of the molecule is CCCc1nc(CNC(=O)Cc2csc(-c3ccccc3)n2)cs1. The summed E-state index contributed by atoms with van der Waals surface area (Å²) in [4.78, 5) is 21.2. The first-order chi connectivity index (χ1) is 11.7. The number of nitrogens with one attached hydrogen (secondary N) is 1. The van der Waals surface area contributed by atoms with Gasteiger partial charge in [0.2, 0.25) is 5.91 Å². The van der Waals surface area contributed by atoms with Crippen molar-refractivity contribution in [1.82, 2.24) is 15.3 Å². The van der Waals surface area contributed by atoms with Gasteiger partial charge in [0.05, 0.1) is 29.4 Å². The zero-order chi connectivity index (χ0) is 16.8. The lowest BCUT2D eigenvalue weighted by molar-refractivity contribution is -0.120. The van der Waals surface area contributed by atoms with Gasteiger partial charge in [0, 0.05) is 16.3 Å². The summed E-state index contributed by atoms with van der Waals surface area (Å²) in [5, 5.41) is 8.97. The molecule has 0 unspecified atom stereocenters. The molecule has 0 aliphatic carbocycles. The van der Waals surface area contributed by atoms with Crippen LogP contribution in [0.2, 0.25) is 0 Å². The third kappa shape index (κ3) is 4.49. The number of thiazole rings is 2. The van der Waals surface area contributed by atoms with Gasteiger partial charge in [-0.25, -0.2) is 9.97 Å². The molecule has 1 amide bonds. The summed E-state index contributed by atoms with van der Waals surface area (Å²) < 4.78 is 0. The molecule has 0 bridgehead atoms. The number of aromatic nitrogens is 2. The monoisotopic (exact) mass is 357 g/mol. The Labute approximate surface area is 149 Å². The summed E-state index contributed by atoms with van der Waals surface area (Å²) in [6, 6.07) is 10.0. The van der Waals surface area contributed by atoms with Gasteiger partial charge < -0.3 is 5.32 Å². The molecular formula is C18H19N3OS2. The van der Waals surface area contributed by atoms with Crippen LogP contribution in [0.1, 0.15) is 29.7 Å². The number of amides is 1. The first-order valence-corrected chi connectivity index (χ1v) is 9.70. The molecule has 2 heterocycles. The van der Waals surface area contributed by atoms with Crippen molar-refractivity contribution in [1.29, 1.82) is 0 Å². The molecule has 3 rings (SSSR count). The fourth-order valence-corrected chi connectivity index (χ4v) is 4.00. The Hall–Kier alpha value is -2.05. The summed E-state index contributed by atoms with van der Waals surface area (Å²) in [6.07, 6.45) is 2.39. The third-order valence-electron chi connectivity index (χ3n) is 3.44. The largest absolute Gasteiger partial charge is 0.350 e. The number of benzene rings is 1. The summed E-state index contributed by atoms with van der Waals surface area (Å²) in [6.45, 7) is 2.62. The van der Waals surface area contributed by atoms with E-state index in [0.29, 0.717) is 13.0 Å². The van der Waals surface area contributed by atoms with E-state index < -0.39 is 0 Å². The number of carbonyl (C=O) groups is 1. The zero-order valence-corrected chi connectivity index (χ0v) is 15.1. The van der Waals surface area contributed by atoms with Crippen LogP contribution in [0, 0.1) is 0 Å². The molecule has 0 saturated carbocycles. The van der Waals surface area contributed by atoms with Gasteiger partial charge in [-0.15, -0.1) is 22.7 Å². The van der Waals surface area contributed by atoms with Crippen molar-refractivity contribution < 1.29 is 4.79 Å². The van der Waals surface area contributed by atoms with E-state index >= 15 is 0 Å². The van der Waals surface area contributed by atoms with Crippen LogP contribution >= 0.6 is 22.7 Å². The lowest BCUT2D eigenvalue weighted by Gasteiger charge is -2.01. The molecular weight excluding hydrogens is 338 g/mol. The van der Waals surface area contributed by atoms with Crippen LogP contribution in [0.15, 0.2) is 41.1 Å². The Morgan fingerprint density at radius 1 is 1.08 bits per heavy atom. The summed E-state index contributed by atoms with van der Waals surface area (Å²) >= 11 is 3.22. The number of hydrogen-bond donors (Lipinski definition) is 1. The van der Waals surface area contributed by atoms with Crippen LogP contribution in [-0.2, 0) is 24.2 Å². The van der Waals surface area contributed by atoms with Gasteiger partial charge in [-0.2, -0.15) is 0 Å². The van der Waals surface area contributed by atoms with E-state index in [0.717, 1.165) is 39.8 Å². The van der Waals surface area contributed by atoms with Gasteiger partial charge >= 0.3 is 0 Å². The van der Waals surface area contributed by atoms with Crippen LogP contribution in [0.5, 0.6) is 0 Å². The second kappa shape index (κ2) is 8.17. The van der Waals surface area contributed by atoms with E-state index in [4.69, 9.17) is 0 Å². The number of nitrogens with zero attached hydrogens (tertiary/aromatic N) is 2. The van der Waals surface area contributed by atoms with Crippen LogP contribution in [0.3, 0.4) is 0 Å². The maximum Gasteiger partial charge on any atom is 0.226 e. The Balaban J connectivity index is 1.52. The number of aryl methyl sites for hydroxylation is 1. The van der Waals surface area contributed by atoms with E-state index in [9.17, 15) is 4.79 Å². The Kier molecular flexibility index (Phi) is 5.72. The molecule has 3 aromatic rings. The van der Waals surface area contributed by atoms with E-state index in [2.05, 4.69) is 22.2 Å². The fraction of sp³-hybridized carbons (Fsp3) is 0.278. The average molecular weight is 358 g/mol. The molecule has 0 radical (unpaired) electrons. The van der Waals surface area contributed by atoms with Gasteiger partial charge in [0.25, 0.3) is 0 Å². The van der Waals surface area contributed by atoms with Crippen molar-refractivity contribution >= 4 is 28.6 Å². The van der Waals surface area contributed by atoms with Crippen molar-refractivity contribution in [3.63, 3.8) is 0 Å². The highest BCUT2D eigenvalue weighted by Gasteiger charge is 2.09. The Bertz CT molecular complexity index is 795. The van der Waals surface area contributed by atoms with Gasteiger partial charge in [-0.1, -0.05) is 37.3 Å². The number of rotatable bonds is 7. The van der Waals surface area contributed by atoms with E-state index in [-0.39, 0.29) is 5.91 Å². The highest BCUT2D eigenvalue weighted by atomic mass is 32.1. The standard InChI is InChI=1S/C18H19N3OS2/c1-2-6-17-20-15(12-23-17)10-19-16(22)9-14-11-24-18(21-14)13-7-4-3-5-8-13/h3-5,7-8,11-12H,2,6,9-10H2,1H3,(H,19,22). The molecule has 2 aromatic heterocycles. The van der Waals surface area contributed by atoms with Gasteiger partial charge in [0.15, 0.2) is 0 Å². The molecule has 124 valence electrons. The number of carbonyl (C=O) groups excluding carboxylic acids is 1. The van der Waals surface area contributed by atoms with E-state index in [1.165, 1.54) is 0 Å². The second-order valence-electron chi connectivity index (χ2n) is 5.45. The molecule has 0 saturated heterocycles. The average Bonchev–Trinajstić information content (AvgIpc) is 3.24. The molecule has 0 fully saturated rings. The molecule has 1 N–H and O–H groups in total. The Morgan fingerprint density at radius 3 is 2.67 bits per heavy atom. The van der Waals surface area contributed by atoms with Gasteiger partial charge in [-0.05, 0) is 12.8 Å². The summed E-state index contributed by atoms with van der Waals surface area (Å²) in [5.74, 6) is -0.0232. The maximum atomic E-state index is 12.1. The van der Waals surface area contributed by atoms with Crippen LogP contribution in [0.4, 0.5) is 0 Å². The topological polar surface area (TPSA) is 54.9 Å². The van der Waals surface area contributed by atoms with Gasteiger partial charge in [0.1, 0.15) is 5.01 Å². The van der Waals surface area contributed by atoms with Crippen molar-refractivity contribution in [3.8, 4) is 10.6 Å². The minimum absolute atomic E-state index is 0.0232. The lowest BCUT2D eigenvalue weighted by Crippen LogP contribution is -2.24. The predicted octanol–water partition coefficient (Wildman–Crippen LogP) is 4.08. The van der Waals surface area contributed by atoms with E-state index in [1.54, 1.807) is 22.7 Å². The molecule has 6 heteroatoms. The molecule has 1 aromatic carbocycles. The molecule has 0 spiro atoms. The van der Waals surface area contributed by atoms with Crippen molar-refractivity contribution in [3.05, 3.63) is 57.5 Å². The molecule has 0 aliphatic heterocycles. The molecule has 4 nitrogen and oxygen atoms in total. The van der Waals surface area contributed by atoms with Crippen LogP contribution in [0.25, 0.3) is 10.6 Å². The van der Waals surface area contributed by atoms with Gasteiger partial charge in [-0.3, -0.25) is 4.79 Å². The third-order valence-corrected chi connectivity index (χ3v) is 5.34. The highest BCUT2D eigenvalue weighted by Crippen LogP contribution is 2.23. The van der Waals surface area contributed by atoms with Crippen LogP contribution in [-0.4, -0.2) is 15.9 Å². The number of hydrogen-bond acceptors (Lipinski definition) is 5. The fourth-order valence-electron chi connectivity index (χ4n) is 2.28. The van der Waals surface area contributed by atoms with E-state index in [1.807, 2.05) is 41.1 Å². The smallest absolute Gasteiger partial charge is 0.226 e. The predicted molar refractivity (Wildman–Crippen MR) is 99.2 cm³/mol. The quantitative estimate of drug-likeness (QED) is 0.693. The highest BCUT2D eigenvalue weighted by molar-refractivity contribution is 7.13. The van der Waals surface area contributed by atoms with Crippen molar-refractivity contribution in [2.75, 3.05) is 0 Å². The first-order valence-electron chi connectivity index (χ1n) is 7.94. The first kappa shape index (κ1) is 16.8. The summed E-state index contributed by atoms with van der Waals surface area (Å²) in [5.41, 5.74) is 2.82. The molecule has 0 aliphatic rings. The zero-order valence-electron chi connectivity index (χ0n) is 13.5. The van der Waals surface area contributed by atoms with Crippen molar-refractivity contribution in [2.24, 2.45) is 0 Å². The molecule has 0 atom stereocenters. The van der Waals surface area contributed by atoms with Crippen LogP contribution < -0.4 is 5.32 Å². The molecule has 24 heavy (non-hydrogen) atoms. The Morgan fingerprint density at radius 2 is 1.88 bits per heavy atom. The minimum Gasteiger partial charge on any atom is -0.350 e. The maximum absolute atomic E-state index is 12.1. The van der Waals surface area contributed by atoms with Crippen molar-refractivity contribution in [2.45, 2.75) is 32.7 Å². The second-order valence-corrected chi connectivity index (χ2v) is 7.25.